The molecule has 0 saturated heterocycles. The Morgan fingerprint density at radius 2 is 1.96 bits per heavy atom. The number of carbonyl (C=O) groups excluding carboxylic acids is 1. The molecule has 0 atom stereocenters. The van der Waals surface area contributed by atoms with E-state index in [0.29, 0.717) is 11.3 Å². The molecule has 0 bridgehead atoms. The number of carbonyl (C=O) groups is 1. The Hall–Kier alpha value is -3.54. The summed E-state index contributed by atoms with van der Waals surface area (Å²) in [5.41, 5.74) is 4.06. The number of phenols is 1. The molecule has 0 saturated carbocycles. The first kappa shape index (κ1) is 17.3. The average Bonchev–Trinajstić information content (AvgIpc) is 2.67. The van der Waals surface area contributed by atoms with Gasteiger partial charge in [0, 0.05) is 11.1 Å². The highest BCUT2D eigenvalue weighted by Crippen LogP contribution is 2.25. The van der Waals surface area contributed by atoms with Crippen molar-refractivity contribution in [2.24, 2.45) is 5.10 Å². The molecule has 0 unspecified atom stereocenters. The third kappa shape index (κ3) is 4.10. The van der Waals surface area contributed by atoms with Gasteiger partial charge in [0.15, 0.2) is 11.5 Å². The maximum Gasteiger partial charge on any atom is 0.259 e. The standard InChI is InChI=1S/C20H19N3O3/c1-26-19-11-14(9-10-18(19)24)12-22-23-20(25)13-21-17-8-4-6-15-5-2-3-7-16(15)17/h2-12,21,24H,13H2,1H3,(H,23,25)/b22-12+. The van der Waals surface area contributed by atoms with Gasteiger partial charge in [0.05, 0.1) is 19.9 Å². The second-order valence-corrected chi connectivity index (χ2v) is 5.60. The number of nitrogens with one attached hydrogen (secondary N) is 2. The van der Waals surface area contributed by atoms with Gasteiger partial charge in [-0.25, -0.2) is 5.43 Å². The number of hydrazone groups is 1. The van der Waals surface area contributed by atoms with E-state index in [4.69, 9.17) is 4.74 Å². The molecule has 1 amide bonds. The van der Waals surface area contributed by atoms with Gasteiger partial charge < -0.3 is 15.2 Å². The number of hydrogen-bond donors (Lipinski definition) is 3. The molecule has 0 aliphatic heterocycles. The lowest BCUT2D eigenvalue weighted by molar-refractivity contribution is -0.119. The lowest BCUT2D eigenvalue weighted by Gasteiger charge is -2.08. The number of phenolic OH excluding ortho intramolecular Hbond substituents is 1. The number of nitrogens with zero attached hydrogens (tertiary/aromatic N) is 1. The molecule has 0 aliphatic carbocycles. The van der Waals surface area contributed by atoms with Crippen molar-refractivity contribution in [1.82, 2.24) is 5.43 Å². The largest absolute Gasteiger partial charge is 0.504 e. The summed E-state index contributed by atoms with van der Waals surface area (Å²) in [5.74, 6) is 0.130. The summed E-state index contributed by atoms with van der Waals surface area (Å²) < 4.78 is 5.03. The monoisotopic (exact) mass is 349 g/mol. The fourth-order valence-electron chi connectivity index (χ4n) is 2.55. The van der Waals surface area contributed by atoms with Crippen LogP contribution in [0.1, 0.15) is 5.56 Å². The topological polar surface area (TPSA) is 83.0 Å². The maximum absolute atomic E-state index is 12.0. The number of rotatable bonds is 6. The van der Waals surface area contributed by atoms with Crippen LogP contribution >= 0.6 is 0 Å². The quantitative estimate of drug-likeness (QED) is 0.472. The van der Waals surface area contributed by atoms with Gasteiger partial charge in [0.25, 0.3) is 5.91 Å². The molecule has 132 valence electrons. The molecule has 6 heteroatoms. The molecule has 0 fully saturated rings. The minimum Gasteiger partial charge on any atom is -0.504 e. The van der Waals surface area contributed by atoms with Gasteiger partial charge >= 0.3 is 0 Å². The first-order chi connectivity index (χ1) is 12.7. The summed E-state index contributed by atoms with van der Waals surface area (Å²) in [5, 5.41) is 18.8. The third-order valence-corrected chi connectivity index (χ3v) is 3.84. The van der Waals surface area contributed by atoms with Crippen molar-refractivity contribution in [2.45, 2.75) is 0 Å². The highest BCUT2D eigenvalue weighted by molar-refractivity contribution is 5.95. The first-order valence-electron chi connectivity index (χ1n) is 8.08. The Morgan fingerprint density at radius 3 is 2.81 bits per heavy atom. The SMILES string of the molecule is COc1cc(/C=N/NC(=O)CNc2cccc3ccccc23)ccc1O. The third-order valence-electron chi connectivity index (χ3n) is 3.84. The Morgan fingerprint density at radius 1 is 1.15 bits per heavy atom. The number of ether oxygens (including phenoxy) is 1. The summed E-state index contributed by atoms with van der Waals surface area (Å²) in [6.07, 6.45) is 1.48. The van der Waals surface area contributed by atoms with Crippen molar-refractivity contribution in [1.29, 1.82) is 0 Å². The van der Waals surface area contributed by atoms with Crippen molar-refractivity contribution in [3.63, 3.8) is 0 Å². The molecule has 0 heterocycles. The van der Waals surface area contributed by atoms with Crippen LogP contribution in [0.3, 0.4) is 0 Å². The maximum atomic E-state index is 12.0. The van der Waals surface area contributed by atoms with E-state index in [9.17, 15) is 9.90 Å². The van der Waals surface area contributed by atoms with Gasteiger partial charge in [-0.1, -0.05) is 36.4 Å². The second kappa shape index (κ2) is 8.02. The summed E-state index contributed by atoms with van der Waals surface area (Å²) >= 11 is 0. The fourth-order valence-corrected chi connectivity index (χ4v) is 2.55. The van der Waals surface area contributed by atoms with Gasteiger partial charge in [-0.05, 0) is 35.2 Å². The van der Waals surface area contributed by atoms with Crippen molar-refractivity contribution in [2.75, 3.05) is 19.0 Å². The number of anilines is 1. The van der Waals surface area contributed by atoms with Crippen LogP contribution in [0.25, 0.3) is 10.8 Å². The minimum atomic E-state index is -0.264. The van der Waals surface area contributed by atoms with Crippen LogP contribution in [0.5, 0.6) is 11.5 Å². The van der Waals surface area contributed by atoms with Gasteiger partial charge in [-0.15, -0.1) is 0 Å². The molecule has 6 nitrogen and oxygen atoms in total. The van der Waals surface area contributed by atoms with Crippen LogP contribution < -0.4 is 15.5 Å². The zero-order valence-electron chi connectivity index (χ0n) is 14.3. The Kier molecular flexibility index (Phi) is 5.34. The van der Waals surface area contributed by atoms with E-state index in [-0.39, 0.29) is 18.2 Å². The van der Waals surface area contributed by atoms with Crippen molar-refractivity contribution >= 4 is 28.6 Å². The molecule has 0 aromatic heterocycles. The number of aromatic hydroxyl groups is 1. The van der Waals surface area contributed by atoms with Crippen molar-refractivity contribution in [3.8, 4) is 11.5 Å². The van der Waals surface area contributed by atoms with Gasteiger partial charge in [0.1, 0.15) is 0 Å². The van der Waals surface area contributed by atoms with Crippen LogP contribution in [0.2, 0.25) is 0 Å². The van der Waals surface area contributed by atoms with Crippen LogP contribution in [-0.4, -0.2) is 30.9 Å². The Balaban J connectivity index is 1.57. The number of fused-ring (bicyclic) bond motifs is 1. The Bertz CT molecular complexity index is 949. The van der Waals surface area contributed by atoms with E-state index in [2.05, 4.69) is 15.8 Å². The zero-order valence-corrected chi connectivity index (χ0v) is 14.3. The summed E-state index contributed by atoms with van der Waals surface area (Å²) in [6.45, 7) is 0.101. The molecule has 3 aromatic rings. The fraction of sp³-hybridized carbons (Fsp3) is 0.100. The summed E-state index contributed by atoms with van der Waals surface area (Å²) in [4.78, 5) is 12.0. The lowest BCUT2D eigenvalue weighted by Crippen LogP contribution is -2.25. The summed E-state index contributed by atoms with van der Waals surface area (Å²) in [6, 6.07) is 18.7. The zero-order chi connectivity index (χ0) is 18.4. The van der Waals surface area contributed by atoms with Crippen LogP contribution in [0.4, 0.5) is 5.69 Å². The van der Waals surface area contributed by atoms with E-state index < -0.39 is 0 Å². The van der Waals surface area contributed by atoms with E-state index in [1.807, 2.05) is 42.5 Å². The number of hydrogen-bond acceptors (Lipinski definition) is 5. The van der Waals surface area contributed by atoms with Crippen LogP contribution in [0.15, 0.2) is 65.8 Å². The van der Waals surface area contributed by atoms with E-state index in [0.717, 1.165) is 16.5 Å². The van der Waals surface area contributed by atoms with Gasteiger partial charge in [-0.2, -0.15) is 5.10 Å². The van der Waals surface area contributed by atoms with E-state index >= 15 is 0 Å². The first-order valence-corrected chi connectivity index (χ1v) is 8.08. The molecule has 3 aromatic carbocycles. The van der Waals surface area contributed by atoms with Crippen LogP contribution in [0, 0.1) is 0 Å². The molecular formula is C20H19N3O3. The van der Waals surface area contributed by atoms with E-state index in [1.165, 1.54) is 19.4 Å². The normalized spacial score (nSPS) is 10.8. The second-order valence-electron chi connectivity index (χ2n) is 5.60. The average molecular weight is 349 g/mol. The van der Waals surface area contributed by atoms with Crippen molar-refractivity contribution < 1.29 is 14.6 Å². The molecule has 3 N–H and O–H groups in total. The number of amides is 1. The summed E-state index contributed by atoms with van der Waals surface area (Å²) in [7, 11) is 1.47. The smallest absolute Gasteiger partial charge is 0.259 e. The van der Waals surface area contributed by atoms with Gasteiger partial charge in [-0.3, -0.25) is 4.79 Å². The number of methoxy groups -OCH3 is 1. The molecule has 0 aliphatic rings. The predicted molar refractivity (Wildman–Crippen MR) is 103 cm³/mol. The molecule has 26 heavy (non-hydrogen) atoms. The van der Waals surface area contributed by atoms with Crippen molar-refractivity contribution in [3.05, 3.63) is 66.2 Å². The predicted octanol–water partition coefficient (Wildman–Crippen LogP) is 3.12. The lowest BCUT2D eigenvalue weighted by atomic mass is 10.1. The highest BCUT2D eigenvalue weighted by Gasteiger charge is 2.04. The molecular weight excluding hydrogens is 330 g/mol. The van der Waals surface area contributed by atoms with E-state index in [1.54, 1.807) is 12.1 Å². The highest BCUT2D eigenvalue weighted by atomic mass is 16.5. The molecule has 0 spiro atoms. The number of benzene rings is 3. The molecule has 0 radical (unpaired) electrons. The Labute approximate surface area is 151 Å². The van der Waals surface area contributed by atoms with Crippen LogP contribution in [-0.2, 0) is 4.79 Å². The van der Waals surface area contributed by atoms with Gasteiger partial charge in [0.2, 0.25) is 0 Å². The minimum absolute atomic E-state index is 0.0490. The molecule has 3 rings (SSSR count).